The van der Waals surface area contributed by atoms with Gasteiger partial charge in [-0.25, -0.2) is 9.97 Å². The summed E-state index contributed by atoms with van der Waals surface area (Å²) >= 11 is 0. The molecule has 0 spiro atoms. The molecule has 34 heavy (non-hydrogen) atoms. The minimum absolute atomic E-state index is 0.0960. The molecular formula is C28H19N3O3. The van der Waals surface area contributed by atoms with Gasteiger partial charge in [-0.05, 0) is 65.7 Å². The summed E-state index contributed by atoms with van der Waals surface area (Å²) in [6.07, 6.45) is 3.41. The predicted octanol–water partition coefficient (Wildman–Crippen LogP) is 6.44. The van der Waals surface area contributed by atoms with E-state index >= 15 is 0 Å². The van der Waals surface area contributed by atoms with Crippen molar-refractivity contribution in [3.8, 4) is 40.1 Å². The maximum Gasteiger partial charge on any atom is 0.219 e. The van der Waals surface area contributed by atoms with E-state index in [4.69, 9.17) is 4.74 Å². The number of phenols is 2. The van der Waals surface area contributed by atoms with Crippen molar-refractivity contribution in [3.63, 3.8) is 0 Å². The molecule has 3 aromatic carbocycles. The van der Waals surface area contributed by atoms with E-state index in [2.05, 4.69) is 20.6 Å². The van der Waals surface area contributed by atoms with Gasteiger partial charge in [-0.3, -0.25) is 4.57 Å². The summed E-state index contributed by atoms with van der Waals surface area (Å²) in [7, 11) is 0. The van der Waals surface area contributed by atoms with Gasteiger partial charge < -0.3 is 14.9 Å². The molecule has 164 valence electrons. The molecule has 0 radical (unpaired) electrons. The lowest BCUT2D eigenvalue weighted by Crippen LogP contribution is -1.96. The molecule has 3 aromatic heterocycles. The van der Waals surface area contributed by atoms with Crippen molar-refractivity contribution in [2.45, 2.75) is 0 Å². The average molecular weight is 445 g/mol. The summed E-state index contributed by atoms with van der Waals surface area (Å²) in [4.78, 5) is 8.74. The number of benzene rings is 3. The Kier molecular flexibility index (Phi) is 4.63. The van der Waals surface area contributed by atoms with E-state index in [0.29, 0.717) is 11.6 Å². The quantitative estimate of drug-likeness (QED) is 0.326. The van der Waals surface area contributed by atoms with Crippen LogP contribution in [0.1, 0.15) is 0 Å². The Hall–Kier alpha value is -4.84. The van der Waals surface area contributed by atoms with Gasteiger partial charge in [-0.2, -0.15) is 0 Å². The van der Waals surface area contributed by atoms with Crippen LogP contribution in [-0.2, 0) is 0 Å². The van der Waals surface area contributed by atoms with Crippen molar-refractivity contribution < 1.29 is 14.9 Å². The van der Waals surface area contributed by atoms with Crippen LogP contribution in [-0.4, -0.2) is 24.7 Å². The summed E-state index contributed by atoms with van der Waals surface area (Å²) in [5.74, 6) is 2.02. The van der Waals surface area contributed by atoms with E-state index in [1.807, 2.05) is 54.6 Å². The van der Waals surface area contributed by atoms with Crippen LogP contribution in [0, 0.1) is 0 Å². The normalized spacial score (nSPS) is 11.2. The first-order valence-corrected chi connectivity index (χ1v) is 10.8. The maximum atomic E-state index is 10.4. The second kappa shape index (κ2) is 7.94. The molecule has 2 N–H and O–H groups in total. The van der Waals surface area contributed by atoms with Crippen molar-refractivity contribution in [2.24, 2.45) is 0 Å². The molecular weight excluding hydrogens is 426 g/mol. The Morgan fingerprint density at radius 1 is 0.618 bits per heavy atom. The van der Waals surface area contributed by atoms with Crippen molar-refractivity contribution >= 4 is 21.8 Å². The van der Waals surface area contributed by atoms with Gasteiger partial charge in [0, 0.05) is 35.3 Å². The number of rotatable bonds is 4. The Morgan fingerprint density at radius 2 is 1.47 bits per heavy atom. The van der Waals surface area contributed by atoms with Crippen molar-refractivity contribution in [2.75, 3.05) is 0 Å². The number of phenolic OH excluding ortho intramolecular Hbond substituents is 2. The Morgan fingerprint density at radius 3 is 2.26 bits per heavy atom. The molecule has 0 bridgehead atoms. The highest BCUT2D eigenvalue weighted by atomic mass is 16.5. The Bertz CT molecular complexity index is 1640. The zero-order valence-electron chi connectivity index (χ0n) is 18.0. The number of hydrogen-bond acceptors (Lipinski definition) is 5. The van der Waals surface area contributed by atoms with Gasteiger partial charge in [-0.15, -0.1) is 0 Å². The Balaban J connectivity index is 1.54. The summed E-state index contributed by atoms with van der Waals surface area (Å²) in [6, 6.07) is 27.7. The van der Waals surface area contributed by atoms with E-state index in [1.165, 1.54) is 0 Å². The molecule has 0 atom stereocenters. The topological polar surface area (TPSA) is 80.4 Å². The molecule has 6 rings (SSSR count). The highest BCUT2D eigenvalue weighted by molar-refractivity contribution is 6.10. The van der Waals surface area contributed by atoms with E-state index in [-0.39, 0.29) is 11.5 Å². The van der Waals surface area contributed by atoms with Crippen LogP contribution < -0.4 is 4.74 Å². The van der Waals surface area contributed by atoms with Crippen LogP contribution in [0.15, 0.2) is 103 Å². The molecule has 0 saturated carbocycles. The zero-order valence-corrected chi connectivity index (χ0v) is 18.0. The molecule has 0 aliphatic heterocycles. The molecule has 0 amide bonds. The van der Waals surface area contributed by atoms with Crippen molar-refractivity contribution in [3.05, 3.63) is 103 Å². The van der Waals surface area contributed by atoms with Gasteiger partial charge in [0.25, 0.3) is 0 Å². The van der Waals surface area contributed by atoms with E-state index in [1.54, 1.807) is 42.7 Å². The third-order valence-electron chi connectivity index (χ3n) is 5.71. The third kappa shape index (κ3) is 3.47. The predicted molar refractivity (Wildman–Crippen MR) is 132 cm³/mol. The second-order valence-electron chi connectivity index (χ2n) is 7.94. The molecule has 0 fully saturated rings. The highest BCUT2D eigenvalue weighted by Crippen LogP contribution is 2.37. The summed E-state index contributed by atoms with van der Waals surface area (Å²) in [6.45, 7) is 0. The first kappa shape index (κ1) is 19.8. The maximum absolute atomic E-state index is 10.4. The minimum Gasteiger partial charge on any atom is -0.508 e. The fourth-order valence-corrected chi connectivity index (χ4v) is 4.26. The number of aromatic hydroxyl groups is 2. The number of fused-ring (bicyclic) bond motifs is 3. The molecule has 6 nitrogen and oxygen atoms in total. The zero-order chi connectivity index (χ0) is 23.1. The molecule has 0 unspecified atom stereocenters. The lowest BCUT2D eigenvalue weighted by molar-refractivity contribution is 0.446. The van der Waals surface area contributed by atoms with E-state index in [9.17, 15) is 10.2 Å². The first-order chi connectivity index (χ1) is 16.7. The van der Waals surface area contributed by atoms with Gasteiger partial charge in [0.1, 0.15) is 23.1 Å². The van der Waals surface area contributed by atoms with Gasteiger partial charge in [0.2, 0.25) is 5.88 Å². The fraction of sp³-hybridized carbons (Fsp3) is 0. The lowest BCUT2D eigenvalue weighted by Gasteiger charge is -2.10. The Labute approximate surface area is 195 Å². The fourth-order valence-electron chi connectivity index (χ4n) is 4.26. The first-order valence-electron chi connectivity index (χ1n) is 10.8. The number of hydrogen-bond donors (Lipinski definition) is 2. The van der Waals surface area contributed by atoms with Gasteiger partial charge >= 0.3 is 0 Å². The highest BCUT2D eigenvalue weighted by Gasteiger charge is 2.15. The number of nitrogens with zero attached hydrogens (tertiary/aromatic N) is 3. The number of ether oxygens (including phenoxy) is 1. The summed E-state index contributed by atoms with van der Waals surface area (Å²) in [5, 5.41) is 22.4. The summed E-state index contributed by atoms with van der Waals surface area (Å²) in [5.41, 5.74) is 3.58. The van der Waals surface area contributed by atoms with Gasteiger partial charge in [0.05, 0.1) is 11.0 Å². The molecule has 3 heterocycles. The molecule has 0 aliphatic rings. The van der Waals surface area contributed by atoms with Gasteiger partial charge in [-0.1, -0.05) is 24.3 Å². The second-order valence-corrected chi connectivity index (χ2v) is 7.94. The van der Waals surface area contributed by atoms with Gasteiger partial charge in [0.15, 0.2) is 0 Å². The standard InChI is InChI=1S/C28H19N3O3/c32-20-8-10-25-24(17-20)23-9-7-18(15-26(23)31(25)27-5-1-3-11-29-27)19-13-21(33)16-22(14-19)34-28-6-2-4-12-30-28/h1-17,32-33H. The minimum atomic E-state index is 0.0960. The van der Waals surface area contributed by atoms with Crippen LogP contribution >= 0.6 is 0 Å². The van der Waals surface area contributed by atoms with Crippen LogP contribution in [0.3, 0.4) is 0 Å². The van der Waals surface area contributed by atoms with E-state index in [0.717, 1.165) is 38.8 Å². The number of aromatic nitrogens is 3. The lowest BCUT2D eigenvalue weighted by atomic mass is 10.0. The van der Waals surface area contributed by atoms with Crippen molar-refractivity contribution in [1.82, 2.24) is 14.5 Å². The largest absolute Gasteiger partial charge is 0.508 e. The van der Waals surface area contributed by atoms with Crippen LogP contribution in [0.4, 0.5) is 0 Å². The van der Waals surface area contributed by atoms with Crippen molar-refractivity contribution in [1.29, 1.82) is 0 Å². The third-order valence-corrected chi connectivity index (χ3v) is 5.71. The smallest absolute Gasteiger partial charge is 0.219 e. The molecule has 0 aliphatic carbocycles. The van der Waals surface area contributed by atoms with E-state index < -0.39 is 0 Å². The molecule has 6 aromatic rings. The average Bonchev–Trinajstić information content (AvgIpc) is 3.17. The monoisotopic (exact) mass is 445 g/mol. The molecule has 6 heteroatoms. The molecule has 0 saturated heterocycles. The van der Waals surface area contributed by atoms with Crippen LogP contribution in [0.5, 0.6) is 23.1 Å². The number of pyridine rings is 2. The summed E-state index contributed by atoms with van der Waals surface area (Å²) < 4.78 is 7.92. The van der Waals surface area contributed by atoms with Crippen LogP contribution in [0.2, 0.25) is 0 Å². The van der Waals surface area contributed by atoms with Crippen LogP contribution in [0.25, 0.3) is 38.8 Å². The SMILES string of the molecule is Oc1cc(Oc2ccccn2)cc(-c2ccc3c4cc(O)ccc4n(-c4ccccn4)c3c2)c1.